The minimum atomic E-state index is -3.41. The van der Waals surface area contributed by atoms with E-state index in [1.807, 2.05) is 6.92 Å². The third-order valence-corrected chi connectivity index (χ3v) is 7.90. The summed E-state index contributed by atoms with van der Waals surface area (Å²) in [6, 6.07) is -0.926. The summed E-state index contributed by atoms with van der Waals surface area (Å²) in [5.41, 5.74) is 0. The topological polar surface area (TPSA) is 149 Å². The second kappa shape index (κ2) is 12.2. The van der Waals surface area contributed by atoms with Gasteiger partial charge in [-0.05, 0) is 26.7 Å². The van der Waals surface area contributed by atoms with Crippen LogP contribution in [0.3, 0.4) is 0 Å². The molecular weight excluding hydrogens is 452 g/mol. The number of sulfone groups is 1. The van der Waals surface area contributed by atoms with Crippen LogP contribution < -0.4 is 5.32 Å². The average Bonchev–Trinajstić information content (AvgIpc) is 3.29. The summed E-state index contributed by atoms with van der Waals surface area (Å²) in [6.07, 6.45) is 0.594. The van der Waals surface area contributed by atoms with Crippen LogP contribution in [0.15, 0.2) is 4.52 Å². The molecule has 11 nitrogen and oxygen atoms in total. The van der Waals surface area contributed by atoms with Crippen molar-refractivity contribution in [2.24, 2.45) is 5.92 Å². The van der Waals surface area contributed by atoms with Gasteiger partial charge < -0.3 is 19.5 Å². The van der Waals surface area contributed by atoms with Gasteiger partial charge in [0, 0.05) is 31.8 Å². The van der Waals surface area contributed by atoms with Gasteiger partial charge in [0.15, 0.2) is 15.7 Å². The number of rotatable bonds is 12. The molecule has 2 rings (SSSR count). The van der Waals surface area contributed by atoms with E-state index in [0.29, 0.717) is 38.5 Å². The predicted molar refractivity (Wildman–Crippen MR) is 119 cm³/mol. The van der Waals surface area contributed by atoms with Crippen molar-refractivity contribution in [2.45, 2.75) is 64.7 Å². The van der Waals surface area contributed by atoms with Gasteiger partial charge in [0.25, 0.3) is 5.89 Å². The van der Waals surface area contributed by atoms with Gasteiger partial charge in [-0.2, -0.15) is 4.98 Å². The number of aryl methyl sites for hydroxylation is 1. The van der Waals surface area contributed by atoms with Crippen molar-refractivity contribution in [2.75, 3.05) is 32.1 Å². The van der Waals surface area contributed by atoms with Crippen molar-refractivity contribution < 1.29 is 32.1 Å². The van der Waals surface area contributed by atoms with Crippen molar-refractivity contribution in [3.63, 3.8) is 0 Å². The third kappa shape index (κ3) is 7.60. The largest absolute Gasteiger partial charge is 0.378 e. The van der Waals surface area contributed by atoms with Crippen molar-refractivity contribution in [3.05, 3.63) is 11.7 Å². The van der Waals surface area contributed by atoms with Crippen LogP contribution in [0.5, 0.6) is 0 Å². The SMILES string of the molecule is CCc1noc(C(=O)[C@H](CC)NC(=O)[C@H](CCS(=O)(=O)C(C)C)CC(=O)N2CCOCC2)n1. The molecule has 0 spiro atoms. The molecule has 1 saturated heterocycles. The zero-order valence-corrected chi connectivity index (χ0v) is 20.5. The molecule has 12 heteroatoms. The quantitative estimate of drug-likeness (QED) is 0.423. The standard InChI is InChI=1S/C21H34N4O7S/c1-5-16(19(27)21-23-17(6-2)24-32-21)22-20(28)15(7-12-33(29,30)14(3)4)13-18(26)25-8-10-31-11-9-25/h14-16H,5-13H2,1-4H3,(H,22,28)/t15-,16+/m1/s1. The van der Waals surface area contributed by atoms with Gasteiger partial charge in [0.1, 0.15) is 0 Å². The number of carbonyl (C=O) groups excluding carboxylic acids is 3. The molecule has 1 aromatic rings. The Morgan fingerprint density at radius 2 is 1.82 bits per heavy atom. The van der Waals surface area contributed by atoms with Crippen molar-refractivity contribution in [1.82, 2.24) is 20.4 Å². The maximum absolute atomic E-state index is 13.1. The summed E-state index contributed by atoms with van der Waals surface area (Å²) < 4.78 is 34.9. The van der Waals surface area contributed by atoms with E-state index in [9.17, 15) is 22.8 Å². The minimum Gasteiger partial charge on any atom is -0.378 e. The monoisotopic (exact) mass is 486 g/mol. The normalized spacial score (nSPS) is 16.5. The first-order valence-electron chi connectivity index (χ1n) is 11.3. The Bertz CT molecular complexity index is 923. The molecule has 0 aliphatic carbocycles. The second-order valence-corrected chi connectivity index (χ2v) is 11.0. The molecule has 1 aromatic heterocycles. The molecule has 2 heterocycles. The Kier molecular flexibility index (Phi) is 9.96. The fourth-order valence-corrected chi connectivity index (χ4v) is 4.39. The van der Waals surface area contributed by atoms with E-state index in [2.05, 4.69) is 15.5 Å². The molecule has 1 aliphatic rings. The summed E-state index contributed by atoms with van der Waals surface area (Å²) in [6.45, 7) is 8.36. The van der Waals surface area contributed by atoms with Gasteiger partial charge in [-0.1, -0.05) is 19.0 Å². The number of Topliss-reactive ketones (excluding diaryl/α,β-unsaturated/α-hetero) is 1. The Balaban J connectivity index is 2.13. The van der Waals surface area contributed by atoms with E-state index in [-0.39, 0.29) is 36.8 Å². The van der Waals surface area contributed by atoms with Crippen molar-refractivity contribution >= 4 is 27.4 Å². The van der Waals surface area contributed by atoms with Crippen molar-refractivity contribution in [1.29, 1.82) is 0 Å². The maximum atomic E-state index is 13.1. The van der Waals surface area contributed by atoms with Crippen molar-refractivity contribution in [3.8, 4) is 0 Å². The zero-order chi connectivity index (χ0) is 24.6. The number of amides is 2. The summed E-state index contributed by atoms with van der Waals surface area (Å²) in [5, 5.41) is 5.77. The predicted octanol–water partition coefficient (Wildman–Crippen LogP) is 0.788. The van der Waals surface area contributed by atoms with Gasteiger partial charge in [-0.25, -0.2) is 8.42 Å². The molecule has 0 aromatic carbocycles. The first-order chi connectivity index (χ1) is 15.6. The van der Waals surface area contributed by atoms with Crippen LogP contribution in [0.25, 0.3) is 0 Å². The van der Waals surface area contributed by atoms with Gasteiger partial charge in [0.05, 0.1) is 30.3 Å². The fraction of sp³-hybridized carbons (Fsp3) is 0.762. The Morgan fingerprint density at radius 1 is 1.15 bits per heavy atom. The highest BCUT2D eigenvalue weighted by atomic mass is 32.2. The number of nitrogens with zero attached hydrogens (tertiary/aromatic N) is 3. The van der Waals surface area contributed by atoms with E-state index in [1.54, 1.807) is 25.7 Å². The molecule has 1 aliphatic heterocycles. The van der Waals surface area contributed by atoms with Gasteiger partial charge in [-0.3, -0.25) is 14.4 Å². The van der Waals surface area contributed by atoms with Gasteiger partial charge in [-0.15, -0.1) is 0 Å². The maximum Gasteiger partial charge on any atom is 0.296 e. The summed E-state index contributed by atoms with van der Waals surface area (Å²) in [4.78, 5) is 44.2. The van der Waals surface area contributed by atoms with E-state index < -0.39 is 38.7 Å². The molecule has 0 radical (unpaired) electrons. The lowest BCUT2D eigenvalue weighted by atomic mass is 9.98. The van der Waals surface area contributed by atoms with Crippen LogP contribution in [-0.2, 0) is 30.6 Å². The van der Waals surface area contributed by atoms with Crippen LogP contribution in [-0.4, -0.2) is 84.4 Å². The number of aromatic nitrogens is 2. The van der Waals surface area contributed by atoms with Crippen LogP contribution in [0, 0.1) is 5.92 Å². The number of carbonyl (C=O) groups is 3. The highest BCUT2D eigenvalue weighted by Gasteiger charge is 2.32. The molecule has 1 N–H and O–H groups in total. The Morgan fingerprint density at radius 3 is 2.36 bits per heavy atom. The van der Waals surface area contributed by atoms with Gasteiger partial charge >= 0.3 is 0 Å². The molecule has 2 atom stereocenters. The molecule has 0 unspecified atom stereocenters. The smallest absolute Gasteiger partial charge is 0.296 e. The minimum absolute atomic E-state index is 0.0202. The van der Waals surface area contributed by atoms with E-state index in [4.69, 9.17) is 9.26 Å². The first-order valence-corrected chi connectivity index (χ1v) is 13.0. The zero-order valence-electron chi connectivity index (χ0n) is 19.7. The summed E-state index contributed by atoms with van der Waals surface area (Å²) in [7, 11) is -3.41. The number of morpholine rings is 1. The highest BCUT2D eigenvalue weighted by molar-refractivity contribution is 7.91. The fourth-order valence-electron chi connectivity index (χ4n) is 3.31. The second-order valence-electron chi connectivity index (χ2n) is 8.30. The van der Waals surface area contributed by atoms with Crippen LogP contribution in [0.2, 0.25) is 0 Å². The Labute approximate surface area is 194 Å². The van der Waals surface area contributed by atoms with Gasteiger partial charge in [0.2, 0.25) is 17.6 Å². The number of hydrogen-bond donors (Lipinski definition) is 1. The van der Waals surface area contributed by atoms with E-state index in [0.717, 1.165) is 0 Å². The van der Waals surface area contributed by atoms with E-state index >= 15 is 0 Å². The van der Waals surface area contributed by atoms with Crippen LogP contribution >= 0.6 is 0 Å². The molecular formula is C21H34N4O7S. The number of ketones is 1. The third-order valence-electron chi connectivity index (χ3n) is 5.66. The summed E-state index contributed by atoms with van der Waals surface area (Å²) in [5.74, 6) is -2.26. The average molecular weight is 487 g/mol. The Hall–Kier alpha value is -2.34. The summed E-state index contributed by atoms with van der Waals surface area (Å²) >= 11 is 0. The molecule has 0 bridgehead atoms. The number of ether oxygens (including phenoxy) is 1. The molecule has 186 valence electrons. The number of nitrogens with one attached hydrogen (secondary N) is 1. The molecule has 0 saturated carbocycles. The lowest BCUT2D eigenvalue weighted by molar-refractivity contribution is -0.139. The molecule has 1 fully saturated rings. The molecule has 33 heavy (non-hydrogen) atoms. The van der Waals surface area contributed by atoms with E-state index in [1.165, 1.54) is 0 Å². The number of hydrogen-bond acceptors (Lipinski definition) is 9. The lowest BCUT2D eigenvalue weighted by Crippen LogP contribution is -2.46. The lowest BCUT2D eigenvalue weighted by Gasteiger charge is -2.28. The van der Waals surface area contributed by atoms with Crippen LogP contribution in [0.4, 0.5) is 0 Å². The molecule has 2 amide bonds. The van der Waals surface area contributed by atoms with Crippen LogP contribution in [0.1, 0.15) is 63.5 Å². The first kappa shape index (κ1) is 26.9. The highest BCUT2D eigenvalue weighted by Crippen LogP contribution is 2.17.